The zero-order chi connectivity index (χ0) is 8.97. The predicted octanol–water partition coefficient (Wildman–Crippen LogP) is 1.90. The molecule has 0 amide bonds. The highest BCUT2D eigenvalue weighted by Gasteiger charge is 2.21. The Hall–Kier alpha value is -0.0800. The van der Waals surface area contributed by atoms with Gasteiger partial charge in [-0.3, -0.25) is 4.90 Å². The molecule has 1 saturated heterocycles. The monoisotopic (exact) mass is 171 g/mol. The molecular weight excluding hydrogens is 150 g/mol. The van der Waals surface area contributed by atoms with Crippen LogP contribution in [0.2, 0.25) is 0 Å². The van der Waals surface area contributed by atoms with Crippen molar-refractivity contribution < 1.29 is 4.74 Å². The summed E-state index contributed by atoms with van der Waals surface area (Å²) >= 11 is 0. The molecular formula is C10H21NO. The standard InChI is InChI=1S/C10H21NO/c1-4-12-10-6-5-7-11(8-10)9(2)3/h9-10H,4-8H2,1-3H3/t10-/m0/s1. The third kappa shape index (κ3) is 2.76. The van der Waals surface area contributed by atoms with Crippen molar-refractivity contribution in [1.82, 2.24) is 4.90 Å². The fourth-order valence-electron chi connectivity index (χ4n) is 1.81. The van der Waals surface area contributed by atoms with E-state index in [2.05, 4.69) is 25.7 Å². The van der Waals surface area contributed by atoms with Gasteiger partial charge < -0.3 is 4.74 Å². The van der Waals surface area contributed by atoms with Crippen LogP contribution in [0, 0.1) is 0 Å². The summed E-state index contributed by atoms with van der Waals surface area (Å²) < 4.78 is 5.62. The molecule has 0 bridgehead atoms. The molecule has 2 heteroatoms. The average molecular weight is 171 g/mol. The van der Waals surface area contributed by atoms with Gasteiger partial charge >= 0.3 is 0 Å². The predicted molar refractivity (Wildman–Crippen MR) is 51.4 cm³/mol. The Labute approximate surface area is 75.9 Å². The van der Waals surface area contributed by atoms with E-state index in [-0.39, 0.29) is 0 Å². The first kappa shape index (κ1) is 10.0. The van der Waals surface area contributed by atoms with E-state index < -0.39 is 0 Å². The fraction of sp³-hybridized carbons (Fsp3) is 1.00. The number of likely N-dealkylation sites (tertiary alicyclic amines) is 1. The van der Waals surface area contributed by atoms with Crippen LogP contribution < -0.4 is 0 Å². The summed E-state index contributed by atoms with van der Waals surface area (Å²) in [7, 11) is 0. The maximum atomic E-state index is 5.62. The maximum Gasteiger partial charge on any atom is 0.0702 e. The van der Waals surface area contributed by atoms with Crippen LogP contribution in [0.25, 0.3) is 0 Å². The lowest BCUT2D eigenvalue weighted by Crippen LogP contribution is -2.43. The third-order valence-corrected chi connectivity index (χ3v) is 2.54. The Balaban J connectivity index is 2.30. The van der Waals surface area contributed by atoms with Gasteiger partial charge in [-0.2, -0.15) is 0 Å². The molecule has 12 heavy (non-hydrogen) atoms. The molecule has 0 spiro atoms. The van der Waals surface area contributed by atoms with Crippen molar-refractivity contribution in [3.8, 4) is 0 Å². The minimum atomic E-state index is 0.492. The molecule has 0 saturated carbocycles. The van der Waals surface area contributed by atoms with Crippen molar-refractivity contribution >= 4 is 0 Å². The van der Waals surface area contributed by atoms with E-state index in [0.717, 1.165) is 13.2 Å². The van der Waals surface area contributed by atoms with Crippen molar-refractivity contribution in [3.05, 3.63) is 0 Å². The highest BCUT2D eigenvalue weighted by Crippen LogP contribution is 2.14. The van der Waals surface area contributed by atoms with Gasteiger partial charge in [-0.05, 0) is 40.2 Å². The van der Waals surface area contributed by atoms with Crippen LogP contribution >= 0.6 is 0 Å². The zero-order valence-electron chi connectivity index (χ0n) is 8.55. The molecule has 0 aromatic rings. The molecule has 1 aliphatic heterocycles. The first-order valence-corrected chi connectivity index (χ1v) is 5.09. The number of ether oxygens (including phenoxy) is 1. The first-order chi connectivity index (χ1) is 5.74. The number of rotatable bonds is 3. The molecule has 0 aromatic heterocycles. The second-order valence-electron chi connectivity index (χ2n) is 3.81. The van der Waals surface area contributed by atoms with Crippen molar-refractivity contribution in [2.45, 2.75) is 45.8 Å². The lowest BCUT2D eigenvalue weighted by atomic mass is 10.1. The Morgan fingerprint density at radius 2 is 2.25 bits per heavy atom. The van der Waals surface area contributed by atoms with Crippen LogP contribution in [0.1, 0.15) is 33.6 Å². The summed E-state index contributed by atoms with van der Waals surface area (Å²) in [5.74, 6) is 0. The number of piperidine rings is 1. The molecule has 1 atom stereocenters. The molecule has 1 fully saturated rings. The summed E-state index contributed by atoms with van der Waals surface area (Å²) in [5.41, 5.74) is 0. The molecule has 1 heterocycles. The molecule has 1 rings (SSSR count). The van der Waals surface area contributed by atoms with Crippen molar-refractivity contribution in [3.63, 3.8) is 0 Å². The van der Waals surface area contributed by atoms with E-state index in [0.29, 0.717) is 12.1 Å². The van der Waals surface area contributed by atoms with Crippen LogP contribution in [-0.4, -0.2) is 36.7 Å². The van der Waals surface area contributed by atoms with E-state index in [1.165, 1.54) is 19.4 Å². The van der Waals surface area contributed by atoms with E-state index in [4.69, 9.17) is 4.74 Å². The summed E-state index contributed by atoms with van der Waals surface area (Å²) in [4.78, 5) is 2.50. The number of hydrogen-bond donors (Lipinski definition) is 0. The van der Waals surface area contributed by atoms with Crippen LogP contribution in [-0.2, 0) is 4.74 Å². The highest BCUT2D eigenvalue weighted by atomic mass is 16.5. The van der Waals surface area contributed by atoms with Gasteiger partial charge in [0.25, 0.3) is 0 Å². The lowest BCUT2D eigenvalue weighted by Gasteiger charge is -2.35. The second kappa shape index (κ2) is 4.83. The normalized spacial score (nSPS) is 26.5. The minimum absolute atomic E-state index is 0.492. The van der Waals surface area contributed by atoms with E-state index in [9.17, 15) is 0 Å². The molecule has 2 nitrogen and oxygen atoms in total. The van der Waals surface area contributed by atoms with Gasteiger partial charge in [-0.15, -0.1) is 0 Å². The van der Waals surface area contributed by atoms with Crippen LogP contribution in [0.5, 0.6) is 0 Å². The molecule has 1 aliphatic rings. The van der Waals surface area contributed by atoms with Gasteiger partial charge in [0, 0.05) is 19.2 Å². The molecule has 0 aliphatic carbocycles. The van der Waals surface area contributed by atoms with Gasteiger partial charge in [0.05, 0.1) is 6.10 Å². The zero-order valence-corrected chi connectivity index (χ0v) is 8.55. The van der Waals surface area contributed by atoms with Crippen molar-refractivity contribution in [1.29, 1.82) is 0 Å². The molecule has 0 radical (unpaired) electrons. The number of hydrogen-bond acceptors (Lipinski definition) is 2. The lowest BCUT2D eigenvalue weighted by molar-refractivity contribution is -0.00282. The van der Waals surface area contributed by atoms with Crippen LogP contribution in [0.4, 0.5) is 0 Å². The Morgan fingerprint density at radius 1 is 1.50 bits per heavy atom. The van der Waals surface area contributed by atoms with Crippen LogP contribution in [0.3, 0.4) is 0 Å². The number of nitrogens with zero attached hydrogens (tertiary/aromatic N) is 1. The summed E-state index contributed by atoms with van der Waals surface area (Å²) in [6.45, 7) is 9.83. The van der Waals surface area contributed by atoms with Crippen molar-refractivity contribution in [2.75, 3.05) is 19.7 Å². The Morgan fingerprint density at radius 3 is 2.83 bits per heavy atom. The molecule has 0 N–H and O–H groups in total. The Bertz CT molecular complexity index is 123. The molecule has 0 aromatic carbocycles. The summed E-state index contributed by atoms with van der Waals surface area (Å²) in [6.07, 6.45) is 3.03. The smallest absolute Gasteiger partial charge is 0.0702 e. The summed E-state index contributed by atoms with van der Waals surface area (Å²) in [6, 6.07) is 0.674. The molecule has 72 valence electrons. The SMILES string of the molecule is CCO[C@H]1CCCN(C(C)C)C1. The Kier molecular flexibility index (Phi) is 4.02. The molecule has 0 unspecified atom stereocenters. The van der Waals surface area contributed by atoms with E-state index >= 15 is 0 Å². The fourth-order valence-corrected chi connectivity index (χ4v) is 1.81. The van der Waals surface area contributed by atoms with Crippen LogP contribution in [0.15, 0.2) is 0 Å². The van der Waals surface area contributed by atoms with E-state index in [1.807, 2.05) is 0 Å². The summed E-state index contributed by atoms with van der Waals surface area (Å²) in [5, 5.41) is 0. The van der Waals surface area contributed by atoms with Crippen molar-refractivity contribution in [2.24, 2.45) is 0 Å². The largest absolute Gasteiger partial charge is 0.377 e. The van der Waals surface area contributed by atoms with E-state index in [1.54, 1.807) is 0 Å². The second-order valence-corrected chi connectivity index (χ2v) is 3.81. The van der Waals surface area contributed by atoms with Gasteiger partial charge in [-0.1, -0.05) is 0 Å². The van der Waals surface area contributed by atoms with Gasteiger partial charge in [0.15, 0.2) is 0 Å². The van der Waals surface area contributed by atoms with Gasteiger partial charge in [0.1, 0.15) is 0 Å². The topological polar surface area (TPSA) is 12.5 Å². The third-order valence-electron chi connectivity index (χ3n) is 2.54. The maximum absolute atomic E-state index is 5.62. The first-order valence-electron chi connectivity index (χ1n) is 5.09. The minimum Gasteiger partial charge on any atom is -0.377 e. The van der Waals surface area contributed by atoms with Gasteiger partial charge in [0.2, 0.25) is 0 Å². The quantitative estimate of drug-likeness (QED) is 0.643. The highest BCUT2D eigenvalue weighted by molar-refractivity contribution is 4.75. The average Bonchev–Trinajstić information content (AvgIpc) is 2.05. The van der Waals surface area contributed by atoms with Gasteiger partial charge in [-0.25, -0.2) is 0 Å².